The van der Waals surface area contributed by atoms with Crippen molar-refractivity contribution in [2.45, 2.75) is 6.92 Å². The van der Waals surface area contributed by atoms with Crippen LogP contribution in [0.1, 0.15) is 5.56 Å². The lowest BCUT2D eigenvalue weighted by Crippen LogP contribution is -2.09. The number of benzene rings is 2. The number of hydrogen-bond donors (Lipinski definition) is 1. The third kappa shape index (κ3) is 3.95. The van der Waals surface area contributed by atoms with Crippen LogP contribution in [-0.2, 0) is 0 Å². The topological polar surface area (TPSA) is 44.5 Å². The first-order chi connectivity index (χ1) is 9.56. The molecule has 0 spiro atoms. The van der Waals surface area contributed by atoms with Gasteiger partial charge in [0.05, 0.1) is 10.7 Å². The maximum atomic E-state index is 5.88. The van der Waals surface area contributed by atoms with E-state index in [-0.39, 0.29) is 0 Å². The summed E-state index contributed by atoms with van der Waals surface area (Å²) in [5.41, 5.74) is 7.19. The van der Waals surface area contributed by atoms with Crippen molar-refractivity contribution in [2.24, 2.45) is 0 Å². The predicted molar refractivity (Wildman–Crippen MR) is 83.0 cm³/mol. The van der Waals surface area contributed by atoms with E-state index in [4.69, 9.17) is 38.4 Å². The Kier molecular flexibility index (Phi) is 4.99. The van der Waals surface area contributed by atoms with E-state index in [1.807, 2.05) is 19.1 Å². The second kappa shape index (κ2) is 6.73. The molecule has 0 atom stereocenters. The summed E-state index contributed by atoms with van der Waals surface area (Å²) in [5.74, 6) is 1.47. The Morgan fingerprint density at radius 2 is 1.75 bits per heavy atom. The molecule has 0 heterocycles. The van der Waals surface area contributed by atoms with Crippen molar-refractivity contribution in [3.63, 3.8) is 0 Å². The summed E-state index contributed by atoms with van der Waals surface area (Å²) in [6.07, 6.45) is 0. The Morgan fingerprint density at radius 1 is 1.00 bits per heavy atom. The third-order valence-corrected chi connectivity index (χ3v) is 3.29. The molecule has 0 amide bonds. The minimum absolute atomic E-state index is 0.420. The SMILES string of the molecule is Cc1cc(Cl)ccc1OCCOc1ccc(Cl)c(N)c1. The highest BCUT2D eigenvalue weighted by atomic mass is 35.5. The lowest BCUT2D eigenvalue weighted by Gasteiger charge is -2.11. The molecule has 0 saturated carbocycles. The molecule has 0 unspecified atom stereocenters. The van der Waals surface area contributed by atoms with Gasteiger partial charge < -0.3 is 15.2 Å². The van der Waals surface area contributed by atoms with Crippen LogP contribution in [0.5, 0.6) is 11.5 Å². The molecule has 20 heavy (non-hydrogen) atoms. The first-order valence-corrected chi connectivity index (χ1v) is 6.88. The van der Waals surface area contributed by atoms with Crippen LogP contribution in [-0.4, -0.2) is 13.2 Å². The zero-order valence-electron chi connectivity index (χ0n) is 11.0. The van der Waals surface area contributed by atoms with Crippen LogP contribution in [0.25, 0.3) is 0 Å². The quantitative estimate of drug-likeness (QED) is 0.660. The van der Waals surface area contributed by atoms with Gasteiger partial charge in [0.15, 0.2) is 0 Å². The van der Waals surface area contributed by atoms with Gasteiger partial charge in [-0.05, 0) is 42.8 Å². The molecular formula is C15H15Cl2NO2. The summed E-state index contributed by atoms with van der Waals surface area (Å²) >= 11 is 11.7. The fraction of sp³-hybridized carbons (Fsp3) is 0.200. The molecule has 0 aliphatic carbocycles. The van der Waals surface area contributed by atoms with Gasteiger partial charge in [0.1, 0.15) is 24.7 Å². The Balaban J connectivity index is 1.82. The molecule has 0 bridgehead atoms. The molecule has 5 heteroatoms. The summed E-state index contributed by atoms with van der Waals surface area (Å²) in [6, 6.07) is 10.7. The molecule has 2 aromatic rings. The molecule has 0 aliphatic heterocycles. The van der Waals surface area contributed by atoms with E-state index in [2.05, 4.69) is 0 Å². The molecule has 0 aromatic heterocycles. The van der Waals surface area contributed by atoms with Crippen molar-refractivity contribution in [2.75, 3.05) is 18.9 Å². The molecule has 0 saturated heterocycles. The lowest BCUT2D eigenvalue weighted by atomic mass is 10.2. The maximum absolute atomic E-state index is 5.88. The first kappa shape index (κ1) is 14.8. The number of anilines is 1. The standard InChI is InChI=1S/C15H15Cl2NO2/c1-10-8-11(16)2-5-15(10)20-7-6-19-12-3-4-13(17)14(18)9-12/h2-5,8-9H,6-7,18H2,1H3. The molecule has 2 N–H and O–H groups in total. The highest BCUT2D eigenvalue weighted by Crippen LogP contribution is 2.24. The van der Waals surface area contributed by atoms with Gasteiger partial charge in [-0.15, -0.1) is 0 Å². The van der Waals surface area contributed by atoms with Crippen molar-refractivity contribution < 1.29 is 9.47 Å². The van der Waals surface area contributed by atoms with Crippen LogP contribution < -0.4 is 15.2 Å². The molecule has 3 nitrogen and oxygen atoms in total. The van der Waals surface area contributed by atoms with E-state index in [1.165, 1.54) is 0 Å². The average Bonchev–Trinajstić information content (AvgIpc) is 2.40. The zero-order chi connectivity index (χ0) is 14.5. The van der Waals surface area contributed by atoms with Crippen molar-refractivity contribution in [1.82, 2.24) is 0 Å². The van der Waals surface area contributed by atoms with Gasteiger partial charge in [-0.2, -0.15) is 0 Å². The Bertz CT molecular complexity index is 602. The maximum Gasteiger partial charge on any atom is 0.122 e. The van der Waals surface area contributed by atoms with Crippen molar-refractivity contribution in [3.05, 3.63) is 52.0 Å². The van der Waals surface area contributed by atoms with Crippen LogP contribution in [0.15, 0.2) is 36.4 Å². The fourth-order valence-electron chi connectivity index (χ4n) is 1.70. The van der Waals surface area contributed by atoms with Crippen LogP contribution in [0.3, 0.4) is 0 Å². The van der Waals surface area contributed by atoms with E-state index in [9.17, 15) is 0 Å². The first-order valence-electron chi connectivity index (χ1n) is 6.13. The van der Waals surface area contributed by atoms with Crippen LogP contribution in [0, 0.1) is 6.92 Å². The average molecular weight is 312 g/mol. The number of ether oxygens (including phenoxy) is 2. The minimum Gasteiger partial charge on any atom is -0.490 e. The largest absolute Gasteiger partial charge is 0.490 e. The molecule has 2 aromatic carbocycles. The highest BCUT2D eigenvalue weighted by molar-refractivity contribution is 6.33. The Morgan fingerprint density at radius 3 is 2.45 bits per heavy atom. The van der Waals surface area contributed by atoms with E-state index in [1.54, 1.807) is 24.3 Å². The van der Waals surface area contributed by atoms with Gasteiger partial charge in [-0.1, -0.05) is 23.2 Å². The minimum atomic E-state index is 0.420. The van der Waals surface area contributed by atoms with Crippen molar-refractivity contribution >= 4 is 28.9 Å². The van der Waals surface area contributed by atoms with E-state index < -0.39 is 0 Å². The molecule has 0 radical (unpaired) electrons. The van der Waals surface area contributed by atoms with Gasteiger partial charge in [0.25, 0.3) is 0 Å². The Hall–Kier alpha value is -1.58. The van der Waals surface area contributed by atoms with E-state index >= 15 is 0 Å². The summed E-state index contributed by atoms with van der Waals surface area (Å²) in [5, 5.41) is 1.22. The number of nitrogens with two attached hydrogens (primary N) is 1. The third-order valence-electron chi connectivity index (χ3n) is 2.71. The number of aryl methyl sites for hydroxylation is 1. The normalized spacial score (nSPS) is 10.3. The zero-order valence-corrected chi connectivity index (χ0v) is 12.5. The molecule has 0 fully saturated rings. The number of nitrogen functional groups attached to an aromatic ring is 1. The second-order valence-electron chi connectivity index (χ2n) is 4.29. The number of hydrogen-bond acceptors (Lipinski definition) is 3. The van der Waals surface area contributed by atoms with Crippen LogP contribution in [0.4, 0.5) is 5.69 Å². The Labute approximate surface area is 128 Å². The van der Waals surface area contributed by atoms with E-state index in [0.29, 0.717) is 34.7 Å². The number of rotatable bonds is 5. The number of halogens is 2. The van der Waals surface area contributed by atoms with Gasteiger partial charge in [-0.25, -0.2) is 0 Å². The molecular weight excluding hydrogens is 297 g/mol. The predicted octanol–water partition coefficient (Wildman–Crippen LogP) is 4.34. The monoisotopic (exact) mass is 311 g/mol. The van der Waals surface area contributed by atoms with Gasteiger partial charge in [0.2, 0.25) is 0 Å². The second-order valence-corrected chi connectivity index (χ2v) is 5.13. The van der Waals surface area contributed by atoms with Crippen molar-refractivity contribution in [3.8, 4) is 11.5 Å². The van der Waals surface area contributed by atoms with E-state index in [0.717, 1.165) is 11.3 Å². The van der Waals surface area contributed by atoms with Crippen LogP contribution >= 0.6 is 23.2 Å². The smallest absolute Gasteiger partial charge is 0.122 e. The van der Waals surface area contributed by atoms with Crippen molar-refractivity contribution in [1.29, 1.82) is 0 Å². The fourth-order valence-corrected chi connectivity index (χ4v) is 2.04. The summed E-state index contributed by atoms with van der Waals surface area (Å²) < 4.78 is 11.2. The van der Waals surface area contributed by atoms with Crippen LogP contribution in [0.2, 0.25) is 10.0 Å². The molecule has 0 aliphatic rings. The highest BCUT2D eigenvalue weighted by Gasteiger charge is 2.02. The summed E-state index contributed by atoms with van der Waals surface area (Å²) in [7, 11) is 0. The van der Waals surface area contributed by atoms with Gasteiger partial charge >= 0.3 is 0 Å². The molecule has 2 rings (SSSR count). The summed E-state index contributed by atoms with van der Waals surface area (Å²) in [6.45, 7) is 2.80. The van der Waals surface area contributed by atoms with Gasteiger partial charge in [0, 0.05) is 11.1 Å². The van der Waals surface area contributed by atoms with Gasteiger partial charge in [-0.3, -0.25) is 0 Å². The molecule has 106 valence electrons. The summed E-state index contributed by atoms with van der Waals surface area (Å²) in [4.78, 5) is 0. The lowest BCUT2D eigenvalue weighted by molar-refractivity contribution is 0.216.